The van der Waals surface area contributed by atoms with Crippen molar-refractivity contribution in [3.05, 3.63) is 37.5 Å². The first-order chi connectivity index (χ1) is 41.6. The SMILES string of the molecule is C=C(C)C(=O)OCC[N+](C)(C)C.C=CC(=O)OCCCCCCCCCCC[N+](C)(C)C.C=CCCCCCCCCCC[N+](C)(C)C.CCCCC(CC)C[N+](C)(C)CC(CC)CCCC.CCCC[N+](CCCC)(CCCC)CCCC.C[N+](C)(C)C. The van der Waals surface area contributed by atoms with E-state index >= 15 is 0 Å². The maximum Gasteiger partial charge on any atom is 0.333 e. The Morgan fingerprint density at radius 2 is 0.685 bits per heavy atom. The van der Waals surface area contributed by atoms with Gasteiger partial charge in [-0.1, -0.05) is 197 Å². The maximum atomic E-state index is 10.9. The van der Waals surface area contributed by atoms with Crippen LogP contribution in [0.1, 0.15) is 281 Å². The summed E-state index contributed by atoms with van der Waals surface area (Å²) in [5.41, 5.74) is 0.455. The Hall–Kier alpha value is -2.08. The Bertz CT molecular complexity index is 1470. The average Bonchev–Trinajstić information content (AvgIpc) is 3.60. The summed E-state index contributed by atoms with van der Waals surface area (Å²) in [6, 6.07) is 0. The zero-order chi connectivity index (χ0) is 69.5. The number of allylic oxidation sites excluding steroid dienone is 1. The van der Waals surface area contributed by atoms with Gasteiger partial charge in [-0.15, -0.1) is 6.58 Å². The van der Waals surface area contributed by atoms with Crippen LogP contribution in [0.5, 0.6) is 0 Å². The zero-order valence-corrected chi connectivity index (χ0v) is 66.1. The molecule has 0 N–H and O–H groups in total. The normalized spacial score (nSPS) is 12.4. The molecule has 0 spiro atoms. The number of carbonyl (C=O) groups excluding carboxylic acids is 2. The van der Waals surface area contributed by atoms with Gasteiger partial charge < -0.3 is 36.4 Å². The number of quaternary nitrogens is 6. The minimum absolute atomic E-state index is 0.302. The van der Waals surface area contributed by atoms with Crippen molar-refractivity contribution in [2.24, 2.45) is 11.8 Å². The van der Waals surface area contributed by atoms with Crippen molar-refractivity contribution in [1.82, 2.24) is 0 Å². The van der Waals surface area contributed by atoms with Gasteiger partial charge in [0.25, 0.3) is 0 Å². The first-order valence-corrected chi connectivity index (χ1v) is 37.7. The fourth-order valence-corrected chi connectivity index (χ4v) is 10.6. The first kappa shape index (κ1) is 98.0. The molecular formula is C79H172N6O4+6. The van der Waals surface area contributed by atoms with Gasteiger partial charge in [0, 0.05) is 23.5 Å². The fraction of sp³-hybridized carbons (Fsp3) is 0.899. The van der Waals surface area contributed by atoms with E-state index < -0.39 is 0 Å². The molecule has 10 heteroatoms. The van der Waals surface area contributed by atoms with Crippen molar-refractivity contribution in [2.75, 3.05) is 178 Å². The molecule has 0 aliphatic rings. The third-order valence-electron chi connectivity index (χ3n) is 16.3. The summed E-state index contributed by atoms with van der Waals surface area (Å²) in [5.74, 6) is 1.25. The number of carbonyl (C=O) groups is 2. The molecule has 0 heterocycles. The van der Waals surface area contributed by atoms with Gasteiger partial charge in [0.2, 0.25) is 0 Å². The fourth-order valence-electron chi connectivity index (χ4n) is 10.6. The molecule has 2 unspecified atom stereocenters. The number of unbranched alkanes of at least 4 members (excludes halogenated alkanes) is 22. The summed E-state index contributed by atoms with van der Waals surface area (Å²) in [6.45, 7) is 43.8. The lowest BCUT2D eigenvalue weighted by Crippen LogP contribution is -2.50. The van der Waals surface area contributed by atoms with Gasteiger partial charge in [0.15, 0.2) is 0 Å². The van der Waals surface area contributed by atoms with E-state index in [0.29, 0.717) is 18.8 Å². The van der Waals surface area contributed by atoms with Crippen molar-refractivity contribution in [3.63, 3.8) is 0 Å². The van der Waals surface area contributed by atoms with Gasteiger partial charge in [-0.2, -0.15) is 0 Å². The number of rotatable bonds is 52. The number of likely N-dealkylation sites (N-methyl/N-ethyl adjacent to an activating group) is 1. The average molecular weight is 1270 g/mol. The lowest BCUT2D eigenvalue weighted by molar-refractivity contribution is -0.929. The maximum absolute atomic E-state index is 10.9. The summed E-state index contributed by atoms with van der Waals surface area (Å²) in [5, 5.41) is 0. The van der Waals surface area contributed by atoms with E-state index in [1.165, 1.54) is 273 Å². The highest BCUT2D eigenvalue weighted by atomic mass is 16.5. The van der Waals surface area contributed by atoms with Crippen LogP contribution in [0.15, 0.2) is 37.5 Å². The van der Waals surface area contributed by atoms with Gasteiger partial charge in [0.1, 0.15) is 13.2 Å². The predicted molar refractivity (Wildman–Crippen MR) is 401 cm³/mol. The highest BCUT2D eigenvalue weighted by Gasteiger charge is 2.26. The summed E-state index contributed by atoms with van der Waals surface area (Å²) in [7, 11) is 33.1. The van der Waals surface area contributed by atoms with Crippen LogP contribution in [-0.2, 0) is 19.1 Å². The summed E-state index contributed by atoms with van der Waals surface area (Å²) < 4.78 is 16.5. The van der Waals surface area contributed by atoms with E-state index in [4.69, 9.17) is 9.47 Å². The molecular weight excluding hydrogens is 1100 g/mol. The first-order valence-electron chi connectivity index (χ1n) is 37.7. The molecule has 89 heavy (non-hydrogen) atoms. The molecule has 0 amide bonds. The summed E-state index contributed by atoms with van der Waals surface area (Å²) in [4.78, 5) is 21.7. The quantitative estimate of drug-likeness (QED) is 0.0200. The lowest BCUT2D eigenvalue weighted by Gasteiger charge is -2.39. The predicted octanol–water partition coefficient (Wildman–Crippen LogP) is 20.0. The van der Waals surface area contributed by atoms with E-state index in [9.17, 15) is 9.59 Å². The number of hydrogen-bond acceptors (Lipinski definition) is 4. The van der Waals surface area contributed by atoms with E-state index in [1.807, 2.05) is 6.08 Å². The van der Waals surface area contributed by atoms with Crippen LogP contribution in [0.25, 0.3) is 0 Å². The molecule has 0 aliphatic heterocycles. The minimum Gasteiger partial charge on any atom is -0.463 e. The molecule has 0 rings (SSSR count). The Morgan fingerprint density at radius 1 is 0.382 bits per heavy atom. The molecule has 536 valence electrons. The molecule has 2 atom stereocenters. The molecule has 10 nitrogen and oxygen atoms in total. The van der Waals surface area contributed by atoms with Crippen LogP contribution >= 0.6 is 0 Å². The molecule has 0 aromatic carbocycles. The van der Waals surface area contributed by atoms with Gasteiger partial charge in [0.05, 0.1) is 165 Å². The summed E-state index contributed by atoms with van der Waals surface area (Å²) >= 11 is 0. The second kappa shape index (κ2) is 64.6. The number of esters is 2. The highest BCUT2D eigenvalue weighted by molar-refractivity contribution is 5.86. The van der Waals surface area contributed by atoms with Gasteiger partial charge in [-0.3, -0.25) is 0 Å². The smallest absolute Gasteiger partial charge is 0.333 e. The standard InChI is InChI=1S/C18H40N.C17H34NO2.C16H36N.C15H32N.C9H18NO2.C4H12N/c1-7-11-13-17(9-3)15-19(5,6)16-18(10-4)14-12-8-2;1-5-17(19)20-16-14-12-10-8-6-7-9-11-13-15-18(2,3)4;1-5-9-13-17(14-10-6-2,15-11-7-3)16-12-8-4;1-5-6-7-8-9-10-11-12-13-14-15-16(2,3)4;1-8(2)9(11)12-7-6-10(3,4)5;1-5(2,3)4/h17-18H,7-16H2,1-6H3;5H,1,6-16H2,2-4H3;5-16H2,1-4H3;5H,1,6-15H2,2-4H3;1,6-7H2,2-5H3;1-4H3/q6*+1. The van der Waals surface area contributed by atoms with Crippen molar-refractivity contribution in [3.8, 4) is 0 Å². The second-order valence-electron chi connectivity index (χ2n) is 31.9. The molecule has 0 radical (unpaired) electrons. The number of hydrogen-bond donors (Lipinski definition) is 0. The van der Waals surface area contributed by atoms with Crippen molar-refractivity contribution in [1.29, 1.82) is 0 Å². The second-order valence-corrected chi connectivity index (χ2v) is 31.9. The van der Waals surface area contributed by atoms with Crippen molar-refractivity contribution in [2.45, 2.75) is 281 Å². The largest absolute Gasteiger partial charge is 0.463 e. The van der Waals surface area contributed by atoms with Gasteiger partial charge in [-0.25, -0.2) is 9.59 Å². The third kappa shape index (κ3) is 90.2. The molecule has 0 bridgehead atoms. The molecule has 0 saturated heterocycles. The molecule has 0 aromatic heterocycles. The zero-order valence-electron chi connectivity index (χ0n) is 66.1. The van der Waals surface area contributed by atoms with Gasteiger partial charge in [-0.05, 0) is 103 Å². The number of ether oxygens (including phenoxy) is 2. The van der Waals surface area contributed by atoms with Crippen LogP contribution < -0.4 is 0 Å². The Labute approximate surface area is 563 Å². The van der Waals surface area contributed by atoms with E-state index in [0.717, 1.165) is 49.2 Å². The van der Waals surface area contributed by atoms with Crippen molar-refractivity contribution < 1.29 is 46.0 Å². The Morgan fingerprint density at radius 3 is 0.955 bits per heavy atom. The van der Waals surface area contributed by atoms with E-state index in [2.05, 4.69) is 181 Å². The van der Waals surface area contributed by atoms with Crippen LogP contribution in [-0.4, -0.2) is 217 Å². The molecule has 0 fully saturated rings. The van der Waals surface area contributed by atoms with E-state index in [1.54, 1.807) is 6.92 Å². The lowest BCUT2D eigenvalue weighted by atomic mass is 9.95. The Balaban J connectivity index is -0.000000239. The molecule has 0 aliphatic carbocycles. The molecule has 0 saturated carbocycles. The summed E-state index contributed by atoms with van der Waals surface area (Å²) in [6.07, 6.45) is 49.3. The van der Waals surface area contributed by atoms with Crippen LogP contribution in [0.4, 0.5) is 0 Å². The topological polar surface area (TPSA) is 52.6 Å². The number of nitrogens with zero attached hydrogens (tertiary/aromatic N) is 6. The third-order valence-corrected chi connectivity index (χ3v) is 16.3. The van der Waals surface area contributed by atoms with Gasteiger partial charge >= 0.3 is 11.9 Å². The minimum atomic E-state index is -0.307. The van der Waals surface area contributed by atoms with Crippen LogP contribution in [0, 0.1) is 11.8 Å². The van der Waals surface area contributed by atoms with E-state index in [-0.39, 0.29) is 11.9 Å². The van der Waals surface area contributed by atoms with Crippen LogP contribution in [0.2, 0.25) is 0 Å². The van der Waals surface area contributed by atoms with Crippen molar-refractivity contribution >= 4 is 11.9 Å². The highest BCUT2D eigenvalue weighted by Crippen LogP contribution is 2.22. The van der Waals surface area contributed by atoms with Crippen LogP contribution in [0.3, 0.4) is 0 Å². The molecule has 0 aromatic rings. The Kier molecular flexibility index (Phi) is 71.2. The monoisotopic (exact) mass is 1270 g/mol.